The topological polar surface area (TPSA) is 63.3 Å². The number of aliphatic carboxylic acids is 1. The molecular weight excluding hydrogens is 258 g/mol. The number of rotatable bonds is 11. The van der Waals surface area contributed by atoms with Gasteiger partial charge in [-0.1, -0.05) is 31.9 Å². The lowest BCUT2D eigenvalue weighted by molar-refractivity contribution is -0.137. The van der Waals surface area contributed by atoms with Crippen LogP contribution in [-0.2, 0) is 4.79 Å². The van der Waals surface area contributed by atoms with Crippen molar-refractivity contribution in [2.45, 2.75) is 58.9 Å². The van der Waals surface area contributed by atoms with Gasteiger partial charge in [0, 0.05) is 5.75 Å². The molecule has 0 rings (SSSR count). The van der Waals surface area contributed by atoms with E-state index in [4.69, 9.17) is 10.8 Å². The van der Waals surface area contributed by atoms with E-state index in [2.05, 4.69) is 26.8 Å². The van der Waals surface area contributed by atoms with Gasteiger partial charge < -0.3 is 10.8 Å². The van der Waals surface area contributed by atoms with Crippen LogP contribution in [-0.4, -0.2) is 28.6 Å². The summed E-state index contributed by atoms with van der Waals surface area (Å²) in [7, 11) is 0. The molecule has 2 atom stereocenters. The van der Waals surface area contributed by atoms with Gasteiger partial charge in [0.1, 0.15) is 6.04 Å². The molecule has 0 fully saturated rings. The van der Waals surface area contributed by atoms with E-state index in [1.54, 1.807) is 11.8 Å². The standard InChI is InChI=1S/C15H29NO2S/c1-4-6-12(2)7-5-8-13(3)9-10-19-11-14(16)15(17)18/h7,13-14H,4-6,8-11,16H2,1-3H3,(H,17,18)/b12-7+/t13?,14-/m0/s1. The van der Waals surface area contributed by atoms with Gasteiger partial charge in [-0.3, -0.25) is 4.79 Å². The highest BCUT2D eigenvalue weighted by atomic mass is 32.2. The van der Waals surface area contributed by atoms with E-state index >= 15 is 0 Å². The van der Waals surface area contributed by atoms with Gasteiger partial charge >= 0.3 is 5.97 Å². The molecule has 0 aliphatic carbocycles. The number of hydrogen-bond acceptors (Lipinski definition) is 3. The van der Waals surface area contributed by atoms with E-state index in [1.807, 2.05) is 0 Å². The summed E-state index contributed by atoms with van der Waals surface area (Å²) in [5.74, 6) is 1.30. The Kier molecular flexibility index (Phi) is 11.1. The van der Waals surface area contributed by atoms with Gasteiger partial charge in [-0.25, -0.2) is 0 Å². The normalized spacial score (nSPS) is 15.3. The number of thioether (sulfide) groups is 1. The van der Waals surface area contributed by atoms with E-state index in [9.17, 15) is 4.79 Å². The third-order valence-corrected chi connectivity index (χ3v) is 4.29. The second-order valence-corrected chi connectivity index (χ2v) is 6.44. The summed E-state index contributed by atoms with van der Waals surface area (Å²) in [4.78, 5) is 10.5. The molecule has 0 aromatic heterocycles. The zero-order valence-electron chi connectivity index (χ0n) is 12.5. The Labute approximate surface area is 122 Å². The molecule has 0 aliphatic rings. The molecule has 0 radical (unpaired) electrons. The van der Waals surface area contributed by atoms with Crippen LogP contribution in [0.2, 0.25) is 0 Å². The first-order valence-electron chi connectivity index (χ1n) is 7.19. The number of nitrogens with two attached hydrogens (primary N) is 1. The Hall–Kier alpha value is -0.480. The van der Waals surface area contributed by atoms with Crippen LogP contribution in [0.5, 0.6) is 0 Å². The maximum atomic E-state index is 10.5. The molecule has 3 nitrogen and oxygen atoms in total. The summed E-state index contributed by atoms with van der Waals surface area (Å²) >= 11 is 1.64. The molecule has 0 bridgehead atoms. The highest BCUT2D eigenvalue weighted by Gasteiger charge is 2.11. The minimum absolute atomic E-state index is 0.511. The van der Waals surface area contributed by atoms with Crippen molar-refractivity contribution < 1.29 is 9.90 Å². The predicted octanol–water partition coefficient (Wildman–Crippen LogP) is 3.68. The zero-order chi connectivity index (χ0) is 14.7. The molecule has 19 heavy (non-hydrogen) atoms. The summed E-state index contributed by atoms with van der Waals surface area (Å²) < 4.78 is 0. The van der Waals surface area contributed by atoms with Crippen LogP contribution < -0.4 is 5.73 Å². The molecule has 112 valence electrons. The third kappa shape index (κ3) is 11.1. The highest BCUT2D eigenvalue weighted by Crippen LogP contribution is 2.16. The number of hydrogen-bond donors (Lipinski definition) is 2. The van der Waals surface area contributed by atoms with Gasteiger partial charge in [0.25, 0.3) is 0 Å². The van der Waals surface area contributed by atoms with E-state index < -0.39 is 12.0 Å². The van der Waals surface area contributed by atoms with Crippen LogP contribution in [0.1, 0.15) is 52.9 Å². The Morgan fingerprint density at radius 1 is 1.42 bits per heavy atom. The fraction of sp³-hybridized carbons (Fsp3) is 0.800. The first-order chi connectivity index (χ1) is 8.97. The van der Waals surface area contributed by atoms with Crippen molar-refractivity contribution in [2.24, 2.45) is 11.7 Å². The maximum Gasteiger partial charge on any atom is 0.321 e. The summed E-state index contributed by atoms with van der Waals surface area (Å²) in [5.41, 5.74) is 6.94. The molecular formula is C15H29NO2S. The van der Waals surface area contributed by atoms with Crippen LogP contribution in [0.4, 0.5) is 0 Å². The lowest BCUT2D eigenvalue weighted by Crippen LogP contribution is -2.32. The van der Waals surface area contributed by atoms with Gasteiger partial charge in [0.2, 0.25) is 0 Å². The first-order valence-corrected chi connectivity index (χ1v) is 8.34. The van der Waals surface area contributed by atoms with Crippen molar-refractivity contribution in [3.63, 3.8) is 0 Å². The minimum Gasteiger partial charge on any atom is -0.480 e. The monoisotopic (exact) mass is 287 g/mol. The van der Waals surface area contributed by atoms with Crippen molar-refractivity contribution in [1.29, 1.82) is 0 Å². The smallest absolute Gasteiger partial charge is 0.321 e. The van der Waals surface area contributed by atoms with E-state index in [0.29, 0.717) is 11.7 Å². The lowest BCUT2D eigenvalue weighted by atomic mass is 10.0. The average molecular weight is 287 g/mol. The zero-order valence-corrected chi connectivity index (χ0v) is 13.3. The Morgan fingerprint density at radius 3 is 2.68 bits per heavy atom. The van der Waals surface area contributed by atoms with Crippen LogP contribution in [0, 0.1) is 5.92 Å². The van der Waals surface area contributed by atoms with Gasteiger partial charge in [-0.05, 0) is 44.3 Å². The molecule has 0 aromatic carbocycles. The van der Waals surface area contributed by atoms with Crippen LogP contribution in [0.3, 0.4) is 0 Å². The number of allylic oxidation sites excluding steroid dienone is 2. The Morgan fingerprint density at radius 2 is 2.11 bits per heavy atom. The van der Waals surface area contributed by atoms with Crippen molar-refractivity contribution in [2.75, 3.05) is 11.5 Å². The molecule has 0 amide bonds. The Balaban J connectivity index is 3.57. The lowest BCUT2D eigenvalue weighted by Gasteiger charge is -2.11. The minimum atomic E-state index is -0.905. The van der Waals surface area contributed by atoms with Crippen molar-refractivity contribution in [3.8, 4) is 0 Å². The van der Waals surface area contributed by atoms with Gasteiger partial charge in [-0.15, -0.1) is 0 Å². The van der Waals surface area contributed by atoms with Crippen LogP contribution in [0.15, 0.2) is 11.6 Å². The predicted molar refractivity (Wildman–Crippen MR) is 84.6 cm³/mol. The molecule has 0 spiro atoms. The molecule has 0 heterocycles. The SMILES string of the molecule is CCC/C(C)=C/CCC(C)CCSC[C@H](N)C(=O)O. The summed E-state index contributed by atoms with van der Waals surface area (Å²) in [6, 6.07) is -0.722. The van der Waals surface area contributed by atoms with Gasteiger partial charge in [-0.2, -0.15) is 11.8 Å². The van der Waals surface area contributed by atoms with E-state index in [0.717, 1.165) is 18.6 Å². The van der Waals surface area contributed by atoms with Crippen molar-refractivity contribution in [1.82, 2.24) is 0 Å². The summed E-state index contributed by atoms with van der Waals surface area (Å²) in [6.07, 6.45) is 8.29. The summed E-state index contributed by atoms with van der Waals surface area (Å²) in [6.45, 7) is 6.68. The van der Waals surface area contributed by atoms with Crippen molar-refractivity contribution in [3.05, 3.63) is 11.6 Å². The molecule has 0 saturated heterocycles. The van der Waals surface area contributed by atoms with Gasteiger partial charge in [0.05, 0.1) is 0 Å². The second-order valence-electron chi connectivity index (χ2n) is 5.29. The number of carboxylic acids is 1. The second kappa shape index (κ2) is 11.4. The third-order valence-electron chi connectivity index (χ3n) is 3.17. The molecule has 3 N–H and O–H groups in total. The molecule has 0 aromatic rings. The largest absolute Gasteiger partial charge is 0.480 e. The maximum absolute atomic E-state index is 10.5. The van der Waals surface area contributed by atoms with Gasteiger partial charge in [0.15, 0.2) is 0 Å². The number of carboxylic acid groups (broad SMARTS) is 1. The molecule has 1 unspecified atom stereocenters. The van der Waals surface area contributed by atoms with Crippen molar-refractivity contribution >= 4 is 17.7 Å². The average Bonchev–Trinajstić information content (AvgIpc) is 2.34. The first kappa shape index (κ1) is 18.5. The fourth-order valence-electron chi connectivity index (χ4n) is 1.82. The fourth-order valence-corrected chi connectivity index (χ4v) is 2.95. The molecule has 0 saturated carbocycles. The van der Waals surface area contributed by atoms with Crippen LogP contribution >= 0.6 is 11.8 Å². The van der Waals surface area contributed by atoms with Crippen LogP contribution in [0.25, 0.3) is 0 Å². The number of carbonyl (C=O) groups is 1. The Bertz CT molecular complexity index is 279. The molecule has 4 heteroatoms. The summed E-state index contributed by atoms with van der Waals surface area (Å²) in [5, 5.41) is 8.66. The highest BCUT2D eigenvalue weighted by molar-refractivity contribution is 7.99. The van der Waals surface area contributed by atoms with E-state index in [1.165, 1.54) is 24.8 Å². The van der Waals surface area contributed by atoms with E-state index in [-0.39, 0.29) is 0 Å². The molecule has 0 aliphatic heterocycles. The quantitative estimate of drug-likeness (QED) is 0.449.